The molecule has 1 saturated heterocycles. The van der Waals surface area contributed by atoms with Crippen LogP contribution in [0.25, 0.3) is 10.9 Å². The second-order valence-corrected chi connectivity index (χ2v) is 8.77. The molecular weight excluding hydrogens is 393 g/mol. The summed E-state index contributed by atoms with van der Waals surface area (Å²) < 4.78 is 13.2. The summed E-state index contributed by atoms with van der Waals surface area (Å²) in [6, 6.07) is 14.2. The van der Waals surface area contributed by atoms with Crippen LogP contribution in [0.3, 0.4) is 0 Å². The van der Waals surface area contributed by atoms with E-state index in [-0.39, 0.29) is 23.5 Å². The number of aromatic nitrogens is 1. The molecule has 1 fully saturated rings. The Kier molecular flexibility index (Phi) is 5.81. The Labute approximate surface area is 181 Å². The lowest BCUT2D eigenvalue weighted by atomic mass is 9.83. The van der Waals surface area contributed by atoms with Gasteiger partial charge in [-0.3, -0.25) is 9.59 Å². The van der Waals surface area contributed by atoms with Gasteiger partial charge in [0.15, 0.2) is 0 Å². The van der Waals surface area contributed by atoms with E-state index in [1.165, 1.54) is 23.1 Å². The molecule has 31 heavy (non-hydrogen) atoms. The molecule has 4 rings (SSSR count). The highest BCUT2D eigenvalue weighted by atomic mass is 19.1. The second-order valence-electron chi connectivity index (χ2n) is 8.77. The van der Waals surface area contributed by atoms with Crippen LogP contribution in [0, 0.1) is 11.7 Å². The first-order valence-electron chi connectivity index (χ1n) is 10.7. The largest absolute Gasteiger partial charge is 0.361 e. The van der Waals surface area contributed by atoms with Crippen molar-refractivity contribution < 1.29 is 14.0 Å². The van der Waals surface area contributed by atoms with Crippen LogP contribution in [0.4, 0.5) is 4.39 Å². The van der Waals surface area contributed by atoms with Gasteiger partial charge in [0.2, 0.25) is 11.8 Å². The van der Waals surface area contributed by atoms with Crippen LogP contribution in [-0.2, 0) is 21.4 Å². The van der Waals surface area contributed by atoms with E-state index < -0.39 is 5.41 Å². The monoisotopic (exact) mass is 421 g/mol. The van der Waals surface area contributed by atoms with Gasteiger partial charge in [0.05, 0.1) is 11.3 Å². The highest BCUT2D eigenvalue weighted by Crippen LogP contribution is 2.29. The molecule has 1 atom stereocenters. The van der Waals surface area contributed by atoms with Crippen molar-refractivity contribution in [2.24, 2.45) is 5.92 Å². The predicted molar refractivity (Wildman–Crippen MR) is 119 cm³/mol. The lowest BCUT2D eigenvalue weighted by Gasteiger charge is -2.29. The SMILES string of the molecule is CC(C)(C(=O)N1CC[C@@H](C(=O)NCCc2c[nH]c3ccccc23)C1)c1ccc(F)cc1. The van der Waals surface area contributed by atoms with Crippen molar-refractivity contribution in [2.75, 3.05) is 19.6 Å². The summed E-state index contributed by atoms with van der Waals surface area (Å²) in [4.78, 5) is 30.8. The van der Waals surface area contributed by atoms with Crippen molar-refractivity contribution in [3.63, 3.8) is 0 Å². The molecule has 3 aromatic rings. The number of halogens is 1. The molecule has 1 aromatic heterocycles. The van der Waals surface area contributed by atoms with Gasteiger partial charge in [-0.15, -0.1) is 0 Å². The third kappa shape index (κ3) is 4.33. The molecule has 0 radical (unpaired) electrons. The quantitative estimate of drug-likeness (QED) is 0.636. The maximum Gasteiger partial charge on any atom is 0.232 e. The maximum absolute atomic E-state index is 13.2. The van der Waals surface area contributed by atoms with Crippen LogP contribution in [-0.4, -0.2) is 41.3 Å². The van der Waals surface area contributed by atoms with Crippen LogP contribution < -0.4 is 5.32 Å². The maximum atomic E-state index is 13.2. The van der Waals surface area contributed by atoms with Gasteiger partial charge in [-0.2, -0.15) is 0 Å². The number of benzene rings is 2. The number of likely N-dealkylation sites (tertiary alicyclic amines) is 1. The van der Waals surface area contributed by atoms with Crippen LogP contribution in [0.5, 0.6) is 0 Å². The molecule has 6 heteroatoms. The first kappa shape index (κ1) is 21.1. The number of nitrogens with one attached hydrogen (secondary N) is 2. The molecule has 2 N–H and O–H groups in total. The van der Waals surface area contributed by atoms with E-state index in [0.717, 1.165) is 17.5 Å². The van der Waals surface area contributed by atoms with Gasteiger partial charge < -0.3 is 15.2 Å². The molecule has 2 amide bonds. The van der Waals surface area contributed by atoms with Crippen molar-refractivity contribution in [1.29, 1.82) is 0 Å². The molecule has 0 aliphatic carbocycles. The summed E-state index contributed by atoms with van der Waals surface area (Å²) in [6.45, 7) is 5.23. The fourth-order valence-corrected chi connectivity index (χ4v) is 4.35. The number of hydrogen-bond acceptors (Lipinski definition) is 2. The fourth-order valence-electron chi connectivity index (χ4n) is 4.35. The van der Waals surface area contributed by atoms with Gasteiger partial charge in [0.1, 0.15) is 5.82 Å². The summed E-state index contributed by atoms with van der Waals surface area (Å²) in [5.74, 6) is -0.559. The highest BCUT2D eigenvalue weighted by molar-refractivity contribution is 5.89. The smallest absolute Gasteiger partial charge is 0.232 e. The van der Waals surface area contributed by atoms with E-state index in [4.69, 9.17) is 0 Å². The van der Waals surface area contributed by atoms with Gasteiger partial charge in [0, 0.05) is 36.7 Å². The summed E-state index contributed by atoms with van der Waals surface area (Å²) in [5.41, 5.74) is 2.28. The Morgan fingerprint density at radius 1 is 1.16 bits per heavy atom. The number of para-hydroxylation sites is 1. The van der Waals surface area contributed by atoms with Crippen LogP contribution >= 0.6 is 0 Å². The molecule has 2 aromatic carbocycles. The van der Waals surface area contributed by atoms with Gasteiger partial charge in [0.25, 0.3) is 0 Å². The molecule has 162 valence electrons. The van der Waals surface area contributed by atoms with Crippen molar-refractivity contribution >= 4 is 22.7 Å². The minimum atomic E-state index is -0.769. The van der Waals surface area contributed by atoms with Crippen LogP contribution in [0.2, 0.25) is 0 Å². The zero-order valence-corrected chi connectivity index (χ0v) is 18.0. The lowest BCUT2D eigenvalue weighted by molar-refractivity contribution is -0.135. The van der Waals surface area contributed by atoms with Crippen molar-refractivity contribution in [1.82, 2.24) is 15.2 Å². The number of aromatic amines is 1. The minimum Gasteiger partial charge on any atom is -0.361 e. The number of rotatable bonds is 6. The van der Waals surface area contributed by atoms with E-state index in [9.17, 15) is 14.0 Å². The standard InChI is InChI=1S/C25H28FN3O2/c1-25(2,19-7-9-20(26)10-8-19)24(31)29-14-12-18(16-29)23(30)27-13-11-17-15-28-22-6-4-3-5-21(17)22/h3-10,15,18,28H,11-14,16H2,1-2H3,(H,27,30)/t18-/m1/s1. The van der Waals surface area contributed by atoms with Crippen molar-refractivity contribution in [3.8, 4) is 0 Å². The first-order valence-corrected chi connectivity index (χ1v) is 10.7. The minimum absolute atomic E-state index is 0.00488. The third-order valence-electron chi connectivity index (χ3n) is 6.32. The van der Waals surface area contributed by atoms with E-state index in [1.807, 2.05) is 38.2 Å². The molecule has 1 aliphatic rings. The van der Waals surface area contributed by atoms with E-state index in [0.29, 0.717) is 26.1 Å². The van der Waals surface area contributed by atoms with Gasteiger partial charge in [-0.25, -0.2) is 4.39 Å². The molecule has 2 heterocycles. The Morgan fingerprint density at radius 3 is 2.68 bits per heavy atom. The third-order valence-corrected chi connectivity index (χ3v) is 6.32. The summed E-state index contributed by atoms with van der Waals surface area (Å²) in [5, 5.41) is 4.21. The van der Waals surface area contributed by atoms with E-state index >= 15 is 0 Å². The topological polar surface area (TPSA) is 65.2 Å². The second kappa shape index (κ2) is 8.53. The molecule has 5 nitrogen and oxygen atoms in total. The number of fused-ring (bicyclic) bond motifs is 1. The number of amides is 2. The van der Waals surface area contributed by atoms with E-state index in [1.54, 1.807) is 17.0 Å². The summed E-state index contributed by atoms with van der Waals surface area (Å²) in [7, 11) is 0. The fraction of sp³-hybridized carbons (Fsp3) is 0.360. The van der Waals surface area contributed by atoms with Gasteiger partial charge >= 0.3 is 0 Å². The molecule has 0 bridgehead atoms. The average Bonchev–Trinajstić information content (AvgIpc) is 3.41. The summed E-state index contributed by atoms with van der Waals surface area (Å²) >= 11 is 0. The number of nitrogens with zero attached hydrogens (tertiary/aromatic N) is 1. The highest BCUT2D eigenvalue weighted by Gasteiger charge is 2.38. The predicted octanol–water partition coefficient (Wildman–Crippen LogP) is 3.79. The average molecular weight is 422 g/mol. The molecule has 0 saturated carbocycles. The van der Waals surface area contributed by atoms with Crippen LogP contribution in [0.1, 0.15) is 31.4 Å². The Balaban J connectivity index is 1.31. The Bertz CT molecular complexity index is 1090. The number of H-pyrrole nitrogens is 1. The molecule has 0 unspecified atom stereocenters. The van der Waals surface area contributed by atoms with E-state index in [2.05, 4.69) is 16.4 Å². The zero-order chi connectivity index (χ0) is 22.0. The number of carbonyl (C=O) groups is 2. The molecule has 1 aliphatic heterocycles. The van der Waals surface area contributed by atoms with Crippen molar-refractivity contribution in [2.45, 2.75) is 32.1 Å². The Morgan fingerprint density at radius 2 is 1.90 bits per heavy atom. The lowest BCUT2D eigenvalue weighted by Crippen LogP contribution is -2.43. The number of carbonyl (C=O) groups excluding carboxylic acids is 2. The Hall–Kier alpha value is -3.15. The molecular formula is C25H28FN3O2. The van der Waals surface area contributed by atoms with Gasteiger partial charge in [-0.05, 0) is 56.0 Å². The van der Waals surface area contributed by atoms with Crippen LogP contribution in [0.15, 0.2) is 54.7 Å². The van der Waals surface area contributed by atoms with Gasteiger partial charge in [-0.1, -0.05) is 30.3 Å². The number of hydrogen-bond donors (Lipinski definition) is 2. The zero-order valence-electron chi connectivity index (χ0n) is 18.0. The summed E-state index contributed by atoms with van der Waals surface area (Å²) in [6.07, 6.45) is 3.40. The van der Waals surface area contributed by atoms with Crippen molar-refractivity contribution in [3.05, 3.63) is 71.7 Å². The normalized spacial score (nSPS) is 16.6. The molecule has 0 spiro atoms. The first-order chi connectivity index (χ1) is 14.9.